The number of carbonyl (C=O) groups excluding carboxylic acids is 1. The molecule has 0 spiro atoms. The summed E-state index contributed by atoms with van der Waals surface area (Å²) in [6.45, 7) is 2.37. The molecule has 84 valence electrons. The van der Waals surface area contributed by atoms with Crippen molar-refractivity contribution in [3.8, 4) is 0 Å². The van der Waals surface area contributed by atoms with Crippen molar-refractivity contribution in [1.29, 1.82) is 0 Å². The van der Waals surface area contributed by atoms with E-state index in [0.717, 1.165) is 12.1 Å². The molecule has 5 nitrogen and oxygen atoms in total. The zero-order valence-corrected chi connectivity index (χ0v) is 9.23. The summed E-state index contributed by atoms with van der Waals surface area (Å²) in [5, 5.41) is 2.89. The van der Waals surface area contributed by atoms with Gasteiger partial charge in [-0.25, -0.2) is 4.98 Å². The van der Waals surface area contributed by atoms with Crippen molar-refractivity contribution < 1.29 is 4.79 Å². The number of amides is 1. The van der Waals surface area contributed by atoms with Gasteiger partial charge in [-0.3, -0.25) is 4.79 Å². The molecular formula is C10H18N4O. The maximum absolute atomic E-state index is 11.3. The Kier molecular flexibility index (Phi) is 4.30. The first-order valence-corrected chi connectivity index (χ1v) is 5.08. The number of nitrogens with zero attached hydrogens (tertiary/aromatic N) is 2. The Morgan fingerprint density at radius 2 is 2.47 bits per heavy atom. The molecule has 0 aliphatic heterocycles. The quantitative estimate of drug-likeness (QED) is 0.708. The largest absolute Gasteiger partial charge is 0.353 e. The summed E-state index contributed by atoms with van der Waals surface area (Å²) in [5.41, 5.74) is 6.40. The van der Waals surface area contributed by atoms with E-state index in [1.54, 1.807) is 6.33 Å². The molecule has 1 aromatic heterocycles. The van der Waals surface area contributed by atoms with Crippen molar-refractivity contribution in [1.82, 2.24) is 14.9 Å². The van der Waals surface area contributed by atoms with Crippen molar-refractivity contribution in [3.63, 3.8) is 0 Å². The predicted molar refractivity (Wildman–Crippen MR) is 58.2 cm³/mol. The number of hydrogen-bond donors (Lipinski definition) is 2. The molecule has 1 aromatic rings. The highest BCUT2D eigenvalue weighted by molar-refractivity contribution is 5.76. The highest BCUT2D eigenvalue weighted by Gasteiger charge is 2.08. The zero-order valence-electron chi connectivity index (χ0n) is 9.23. The van der Waals surface area contributed by atoms with E-state index >= 15 is 0 Å². The van der Waals surface area contributed by atoms with Crippen LogP contribution < -0.4 is 11.1 Å². The van der Waals surface area contributed by atoms with E-state index in [2.05, 4.69) is 10.3 Å². The minimum atomic E-state index is 0.00664. The van der Waals surface area contributed by atoms with Gasteiger partial charge in [0.15, 0.2) is 0 Å². The van der Waals surface area contributed by atoms with E-state index in [1.807, 2.05) is 24.7 Å². The van der Waals surface area contributed by atoms with Gasteiger partial charge >= 0.3 is 0 Å². The topological polar surface area (TPSA) is 72.9 Å². The second-order valence-corrected chi connectivity index (χ2v) is 3.71. The Labute approximate surface area is 89.7 Å². The van der Waals surface area contributed by atoms with Crippen molar-refractivity contribution in [3.05, 3.63) is 18.2 Å². The summed E-state index contributed by atoms with van der Waals surface area (Å²) >= 11 is 0. The average Bonchev–Trinajstić information content (AvgIpc) is 2.52. The van der Waals surface area contributed by atoms with Crippen molar-refractivity contribution in [2.45, 2.75) is 25.8 Å². The van der Waals surface area contributed by atoms with Gasteiger partial charge in [0.05, 0.1) is 6.33 Å². The van der Waals surface area contributed by atoms with Gasteiger partial charge in [-0.05, 0) is 6.92 Å². The maximum Gasteiger partial charge on any atom is 0.221 e. The summed E-state index contributed by atoms with van der Waals surface area (Å²) in [4.78, 5) is 15.3. The highest BCUT2D eigenvalue weighted by Crippen LogP contribution is 2.01. The van der Waals surface area contributed by atoms with Gasteiger partial charge in [0.25, 0.3) is 0 Å². The third-order valence-electron chi connectivity index (χ3n) is 2.21. The van der Waals surface area contributed by atoms with Crippen LogP contribution in [0.4, 0.5) is 0 Å². The van der Waals surface area contributed by atoms with Crippen LogP contribution in [0.25, 0.3) is 0 Å². The molecule has 0 unspecified atom stereocenters. The molecule has 1 heterocycles. The molecule has 0 fully saturated rings. The van der Waals surface area contributed by atoms with Gasteiger partial charge in [-0.15, -0.1) is 0 Å². The molecule has 0 aliphatic carbocycles. The lowest BCUT2D eigenvalue weighted by Crippen LogP contribution is -2.35. The number of imidazole rings is 1. The number of rotatable bonds is 5. The number of hydrogen-bond acceptors (Lipinski definition) is 3. The van der Waals surface area contributed by atoms with E-state index in [1.165, 1.54) is 0 Å². The van der Waals surface area contributed by atoms with E-state index in [4.69, 9.17) is 5.73 Å². The van der Waals surface area contributed by atoms with Gasteiger partial charge in [0, 0.05) is 44.4 Å². The van der Waals surface area contributed by atoms with E-state index in [0.29, 0.717) is 13.0 Å². The van der Waals surface area contributed by atoms with Crippen LogP contribution in [0.2, 0.25) is 0 Å². The molecule has 0 saturated carbocycles. The molecule has 1 rings (SSSR count). The lowest BCUT2D eigenvalue weighted by molar-refractivity contribution is -0.121. The molecule has 0 bridgehead atoms. The number of aromatic nitrogens is 2. The molecule has 0 radical (unpaired) electrons. The second kappa shape index (κ2) is 5.50. The number of nitrogens with one attached hydrogen (secondary N) is 1. The predicted octanol–water partition coefficient (Wildman–Crippen LogP) is -0.184. The van der Waals surface area contributed by atoms with E-state index in [-0.39, 0.29) is 11.9 Å². The van der Waals surface area contributed by atoms with Crippen molar-refractivity contribution in [2.75, 3.05) is 6.54 Å². The van der Waals surface area contributed by atoms with Gasteiger partial charge in [-0.2, -0.15) is 0 Å². The van der Waals surface area contributed by atoms with Gasteiger partial charge in [0.1, 0.15) is 0 Å². The van der Waals surface area contributed by atoms with Crippen LogP contribution in [0, 0.1) is 0 Å². The Hall–Kier alpha value is -1.36. The Balaban J connectivity index is 2.39. The molecule has 0 aliphatic rings. The standard InChI is InChI=1S/C10H18N4O/c1-8(13-10(15)3-4-11)5-9-6-12-7-14(9)2/h6-8H,3-5,11H2,1-2H3,(H,13,15)/t8-/m1/s1. The Bertz CT molecular complexity index is 321. The molecule has 5 heteroatoms. The maximum atomic E-state index is 11.3. The molecule has 1 atom stereocenters. The Morgan fingerprint density at radius 3 is 3.00 bits per heavy atom. The number of carbonyl (C=O) groups is 1. The SMILES string of the molecule is C[C@H](Cc1cncn1C)NC(=O)CCN. The highest BCUT2D eigenvalue weighted by atomic mass is 16.1. The lowest BCUT2D eigenvalue weighted by Gasteiger charge is -2.13. The lowest BCUT2D eigenvalue weighted by atomic mass is 10.2. The van der Waals surface area contributed by atoms with Crippen LogP contribution in [-0.4, -0.2) is 28.0 Å². The van der Waals surface area contributed by atoms with Crippen LogP contribution in [0.3, 0.4) is 0 Å². The van der Waals surface area contributed by atoms with Gasteiger partial charge < -0.3 is 15.6 Å². The third-order valence-corrected chi connectivity index (χ3v) is 2.21. The van der Waals surface area contributed by atoms with Gasteiger partial charge in [0.2, 0.25) is 5.91 Å². The molecule has 3 N–H and O–H groups in total. The first kappa shape index (κ1) is 11.7. The first-order valence-electron chi connectivity index (χ1n) is 5.08. The molecule has 15 heavy (non-hydrogen) atoms. The fourth-order valence-electron chi connectivity index (χ4n) is 1.42. The van der Waals surface area contributed by atoms with Crippen molar-refractivity contribution >= 4 is 5.91 Å². The monoisotopic (exact) mass is 210 g/mol. The molecule has 1 amide bonds. The summed E-state index contributed by atoms with van der Waals surface area (Å²) in [5.74, 6) is 0.00664. The minimum absolute atomic E-state index is 0.00664. The number of aryl methyl sites for hydroxylation is 1. The summed E-state index contributed by atoms with van der Waals surface area (Å²) in [7, 11) is 1.94. The molecule has 0 aromatic carbocycles. The molecule has 0 saturated heterocycles. The van der Waals surface area contributed by atoms with Crippen LogP contribution in [-0.2, 0) is 18.3 Å². The minimum Gasteiger partial charge on any atom is -0.353 e. The average molecular weight is 210 g/mol. The normalized spacial score (nSPS) is 12.5. The third kappa shape index (κ3) is 3.71. The van der Waals surface area contributed by atoms with Crippen LogP contribution in [0.15, 0.2) is 12.5 Å². The fourth-order valence-corrected chi connectivity index (χ4v) is 1.42. The zero-order chi connectivity index (χ0) is 11.3. The van der Waals surface area contributed by atoms with E-state index < -0.39 is 0 Å². The molecular weight excluding hydrogens is 192 g/mol. The van der Waals surface area contributed by atoms with Crippen LogP contribution >= 0.6 is 0 Å². The number of nitrogens with two attached hydrogens (primary N) is 1. The van der Waals surface area contributed by atoms with Gasteiger partial charge in [-0.1, -0.05) is 0 Å². The summed E-state index contributed by atoms with van der Waals surface area (Å²) < 4.78 is 1.95. The Morgan fingerprint density at radius 1 is 1.73 bits per heavy atom. The fraction of sp³-hybridized carbons (Fsp3) is 0.600. The first-order chi connectivity index (χ1) is 7.13. The van der Waals surface area contributed by atoms with Crippen LogP contribution in [0.1, 0.15) is 19.0 Å². The van der Waals surface area contributed by atoms with Crippen LogP contribution in [0.5, 0.6) is 0 Å². The van der Waals surface area contributed by atoms with E-state index in [9.17, 15) is 4.79 Å². The smallest absolute Gasteiger partial charge is 0.221 e. The summed E-state index contributed by atoms with van der Waals surface area (Å²) in [6, 6.07) is 0.111. The summed E-state index contributed by atoms with van der Waals surface area (Å²) in [6.07, 6.45) is 4.73. The van der Waals surface area contributed by atoms with Crippen molar-refractivity contribution in [2.24, 2.45) is 12.8 Å². The second-order valence-electron chi connectivity index (χ2n) is 3.71.